The lowest BCUT2D eigenvalue weighted by molar-refractivity contribution is 0.310. The van der Waals surface area contributed by atoms with Crippen molar-refractivity contribution in [1.29, 1.82) is 0 Å². The zero-order valence-electron chi connectivity index (χ0n) is 17.4. The van der Waals surface area contributed by atoms with Crippen LogP contribution in [-0.4, -0.2) is 45.0 Å². The molecule has 0 radical (unpaired) electrons. The van der Waals surface area contributed by atoms with Crippen molar-refractivity contribution in [1.82, 2.24) is 24.8 Å². The molecule has 0 fully saturated rings. The van der Waals surface area contributed by atoms with E-state index in [4.69, 9.17) is 10.7 Å². The van der Waals surface area contributed by atoms with Gasteiger partial charge >= 0.3 is 0 Å². The summed E-state index contributed by atoms with van der Waals surface area (Å²) in [4.78, 5) is 22.8. The maximum Gasteiger partial charge on any atom is 0.227 e. The van der Waals surface area contributed by atoms with Gasteiger partial charge in [0.15, 0.2) is 0 Å². The van der Waals surface area contributed by atoms with Crippen molar-refractivity contribution >= 4 is 23.0 Å². The third-order valence-electron chi connectivity index (χ3n) is 6.00. The average molecular weight is 403 g/mol. The smallest absolute Gasteiger partial charge is 0.227 e. The van der Waals surface area contributed by atoms with Gasteiger partial charge in [0.05, 0.1) is 47.9 Å². The normalized spacial score (nSPS) is 16.1. The van der Waals surface area contributed by atoms with Crippen LogP contribution in [0.5, 0.6) is 0 Å². The quantitative estimate of drug-likeness (QED) is 0.690. The number of nitrogens with two attached hydrogens (primary N) is 1. The first kappa shape index (κ1) is 18.7. The van der Waals surface area contributed by atoms with Crippen molar-refractivity contribution in [2.24, 2.45) is 0 Å². The van der Waals surface area contributed by atoms with Gasteiger partial charge < -0.3 is 20.9 Å². The number of hydrogen-bond acceptors (Lipinski definition) is 8. The van der Waals surface area contributed by atoms with Crippen molar-refractivity contribution in [2.75, 3.05) is 36.1 Å². The molecule has 0 aliphatic carbocycles. The van der Waals surface area contributed by atoms with Crippen LogP contribution in [0.25, 0.3) is 0 Å². The first-order valence-corrected chi connectivity index (χ1v) is 10.3. The SMILES string of the molecule is Cc1c(N)cncc1N1CCc2cnc(Nc3cnc4c(c3)CN(C)CC4)nc2C1. The van der Waals surface area contributed by atoms with Crippen molar-refractivity contribution in [3.8, 4) is 0 Å². The summed E-state index contributed by atoms with van der Waals surface area (Å²) in [7, 11) is 2.14. The van der Waals surface area contributed by atoms with Crippen LogP contribution in [0.1, 0.15) is 28.1 Å². The predicted octanol–water partition coefficient (Wildman–Crippen LogP) is 2.45. The summed E-state index contributed by atoms with van der Waals surface area (Å²) in [6.07, 6.45) is 9.29. The van der Waals surface area contributed by atoms with Gasteiger partial charge in [-0.3, -0.25) is 9.97 Å². The Hall–Kier alpha value is -3.26. The molecule has 0 aromatic carbocycles. The maximum absolute atomic E-state index is 6.06. The van der Waals surface area contributed by atoms with Gasteiger partial charge in [-0.15, -0.1) is 0 Å². The average Bonchev–Trinajstić information content (AvgIpc) is 2.75. The summed E-state index contributed by atoms with van der Waals surface area (Å²) in [5, 5.41) is 3.34. The molecule has 0 saturated heterocycles. The minimum atomic E-state index is 0.601. The third kappa shape index (κ3) is 3.54. The lowest BCUT2D eigenvalue weighted by Crippen LogP contribution is -2.32. The van der Waals surface area contributed by atoms with Crippen LogP contribution in [0.3, 0.4) is 0 Å². The van der Waals surface area contributed by atoms with E-state index in [1.165, 1.54) is 16.8 Å². The van der Waals surface area contributed by atoms with Gasteiger partial charge in [-0.1, -0.05) is 0 Å². The lowest BCUT2D eigenvalue weighted by atomic mass is 10.1. The molecule has 5 rings (SSSR count). The number of nitrogens with zero attached hydrogens (tertiary/aromatic N) is 6. The molecule has 0 saturated carbocycles. The zero-order chi connectivity index (χ0) is 20.7. The molecular formula is C22H26N8. The molecular weight excluding hydrogens is 376 g/mol. The van der Waals surface area contributed by atoms with Gasteiger partial charge in [-0.25, -0.2) is 9.97 Å². The van der Waals surface area contributed by atoms with Crippen LogP contribution in [0.2, 0.25) is 0 Å². The van der Waals surface area contributed by atoms with E-state index in [0.717, 1.165) is 55.1 Å². The van der Waals surface area contributed by atoms with Gasteiger partial charge in [0.2, 0.25) is 5.95 Å². The van der Waals surface area contributed by atoms with Crippen molar-refractivity contribution in [3.05, 3.63) is 58.9 Å². The van der Waals surface area contributed by atoms with Gasteiger partial charge in [0, 0.05) is 37.9 Å². The molecule has 0 bridgehead atoms. The second-order valence-corrected chi connectivity index (χ2v) is 8.15. The minimum absolute atomic E-state index is 0.601. The monoisotopic (exact) mass is 402 g/mol. The number of likely N-dealkylation sites (N-methyl/N-ethyl adjacent to an activating group) is 1. The summed E-state index contributed by atoms with van der Waals surface area (Å²) in [5.74, 6) is 0.601. The van der Waals surface area contributed by atoms with Crippen molar-refractivity contribution in [3.63, 3.8) is 0 Å². The van der Waals surface area contributed by atoms with E-state index in [9.17, 15) is 0 Å². The third-order valence-corrected chi connectivity index (χ3v) is 6.00. The summed E-state index contributed by atoms with van der Waals surface area (Å²) in [5.41, 5.74) is 14.5. The van der Waals surface area contributed by atoms with Gasteiger partial charge in [-0.05, 0) is 43.1 Å². The van der Waals surface area contributed by atoms with Crippen LogP contribution in [0.4, 0.5) is 23.0 Å². The second kappa shape index (κ2) is 7.53. The van der Waals surface area contributed by atoms with E-state index < -0.39 is 0 Å². The molecule has 3 N–H and O–H groups in total. The minimum Gasteiger partial charge on any atom is -0.397 e. The predicted molar refractivity (Wildman–Crippen MR) is 118 cm³/mol. The fraction of sp³-hybridized carbons (Fsp3) is 0.364. The Balaban J connectivity index is 1.37. The summed E-state index contributed by atoms with van der Waals surface area (Å²) < 4.78 is 0. The van der Waals surface area contributed by atoms with E-state index in [-0.39, 0.29) is 0 Å². The van der Waals surface area contributed by atoms with Crippen LogP contribution in [0.15, 0.2) is 30.9 Å². The number of fused-ring (bicyclic) bond motifs is 2. The molecule has 5 heterocycles. The Morgan fingerprint density at radius 2 is 1.87 bits per heavy atom. The Labute approximate surface area is 176 Å². The van der Waals surface area contributed by atoms with E-state index >= 15 is 0 Å². The molecule has 3 aromatic rings. The number of rotatable bonds is 3. The first-order chi connectivity index (χ1) is 14.6. The van der Waals surface area contributed by atoms with E-state index in [1.54, 1.807) is 6.20 Å². The van der Waals surface area contributed by atoms with Crippen LogP contribution >= 0.6 is 0 Å². The number of anilines is 4. The fourth-order valence-electron chi connectivity index (χ4n) is 4.18. The first-order valence-electron chi connectivity index (χ1n) is 10.3. The zero-order valence-corrected chi connectivity index (χ0v) is 17.4. The molecule has 8 nitrogen and oxygen atoms in total. The molecule has 0 unspecified atom stereocenters. The Kier molecular flexibility index (Phi) is 4.71. The summed E-state index contributed by atoms with van der Waals surface area (Å²) in [6.45, 7) is 5.63. The Morgan fingerprint density at radius 3 is 2.77 bits per heavy atom. The van der Waals surface area contributed by atoms with E-state index in [1.807, 2.05) is 25.5 Å². The molecule has 2 aliphatic heterocycles. The van der Waals surface area contributed by atoms with Gasteiger partial charge in [-0.2, -0.15) is 0 Å². The highest BCUT2D eigenvalue weighted by molar-refractivity contribution is 5.63. The van der Waals surface area contributed by atoms with E-state index in [2.05, 4.69) is 43.2 Å². The number of nitrogen functional groups attached to an aromatic ring is 1. The summed E-state index contributed by atoms with van der Waals surface area (Å²) in [6, 6.07) is 2.16. The van der Waals surface area contributed by atoms with E-state index in [0.29, 0.717) is 18.2 Å². The molecule has 8 heteroatoms. The number of pyridine rings is 2. The highest BCUT2D eigenvalue weighted by Gasteiger charge is 2.21. The largest absolute Gasteiger partial charge is 0.397 e. The highest BCUT2D eigenvalue weighted by Crippen LogP contribution is 2.29. The van der Waals surface area contributed by atoms with Crippen LogP contribution < -0.4 is 16.0 Å². The molecule has 0 atom stereocenters. The molecule has 0 spiro atoms. The number of aromatic nitrogens is 4. The Bertz CT molecular complexity index is 1100. The van der Waals surface area contributed by atoms with Crippen LogP contribution in [0, 0.1) is 6.92 Å². The van der Waals surface area contributed by atoms with Crippen LogP contribution in [-0.2, 0) is 25.9 Å². The molecule has 0 amide bonds. The molecule has 3 aromatic heterocycles. The standard InChI is InChI=1S/C22H26N8/c1-14-18(23)10-24-11-21(14)30-6-3-15-8-26-22(28-20(15)13-30)27-17-7-16-12-29(2)5-4-19(16)25-9-17/h7-11H,3-6,12-13,23H2,1-2H3,(H,26,27,28). The molecule has 30 heavy (non-hydrogen) atoms. The lowest BCUT2D eigenvalue weighted by Gasteiger charge is -2.31. The second-order valence-electron chi connectivity index (χ2n) is 8.15. The Morgan fingerprint density at radius 1 is 0.967 bits per heavy atom. The molecule has 154 valence electrons. The van der Waals surface area contributed by atoms with Gasteiger partial charge in [0.1, 0.15) is 0 Å². The topological polar surface area (TPSA) is 96.1 Å². The van der Waals surface area contributed by atoms with Gasteiger partial charge in [0.25, 0.3) is 0 Å². The molecule has 2 aliphatic rings. The van der Waals surface area contributed by atoms with Crippen molar-refractivity contribution < 1.29 is 0 Å². The number of nitrogens with one attached hydrogen (secondary N) is 1. The van der Waals surface area contributed by atoms with Crippen molar-refractivity contribution in [2.45, 2.75) is 32.9 Å². The maximum atomic E-state index is 6.06. The highest BCUT2D eigenvalue weighted by atomic mass is 15.2. The summed E-state index contributed by atoms with van der Waals surface area (Å²) >= 11 is 0. The number of hydrogen-bond donors (Lipinski definition) is 2. The fourth-order valence-corrected chi connectivity index (χ4v) is 4.18.